The van der Waals surface area contributed by atoms with E-state index in [2.05, 4.69) is 35.6 Å². The van der Waals surface area contributed by atoms with Gasteiger partial charge in [0.1, 0.15) is 0 Å². The third-order valence-corrected chi connectivity index (χ3v) is 5.62. The highest BCUT2D eigenvalue weighted by atomic mass is 32.2. The normalized spacial score (nSPS) is 13.9. The number of amides is 1. The zero-order valence-electron chi connectivity index (χ0n) is 16.5. The molecule has 2 aromatic rings. The Morgan fingerprint density at radius 2 is 2.00 bits per heavy atom. The molecular weight excluding hydrogens is 362 g/mol. The molecule has 1 aliphatic heterocycles. The third-order valence-electron chi connectivity index (χ3n) is 4.53. The van der Waals surface area contributed by atoms with Gasteiger partial charge in [0.25, 0.3) is 0 Å². The van der Waals surface area contributed by atoms with Crippen molar-refractivity contribution in [3.05, 3.63) is 35.2 Å². The molecule has 0 unspecified atom stereocenters. The minimum Gasteiger partial charge on any atom is -0.454 e. The van der Waals surface area contributed by atoms with E-state index in [1.807, 2.05) is 32.0 Å². The maximum absolute atomic E-state index is 12.6. The van der Waals surface area contributed by atoms with Crippen LogP contribution in [0.2, 0.25) is 0 Å². The second kappa shape index (κ2) is 8.25. The Bertz CT molecular complexity index is 832. The van der Waals surface area contributed by atoms with Crippen molar-refractivity contribution in [2.75, 3.05) is 6.79 Å². The van der Waals surface area contributed by atoms with E-state index in [-0.39, 0.29) is 18.0 Å². The van der Waals surface area contributed by atoms with E-state index in [0.29, 0.717) is 12.5 Å². The molecular formula is C20H27N3O3S. The molecule has 0 saturated carbocycles. The number of thioether (sulfide) groups is 1. The van der Waals surface area contributed by atoms with E-state index in [1.165, 1.54) is 17.5 Å². The highest BCUT2D eigenvalue weighted by Crippen LogP contribution is 2.32. The standard InChI is InChI=1S/C20H27N3O3S/c1-12(2)10-23-14(4)13(3)22-20(23)27-15(5)19(24)21-9-16-6-7-17-18(8-16)26-11-25-17/h6-8,12,15H,9-11H2,1-5H3,(H,21,24)/t15-/m1/s1. The van der Waals surface area contributed by atoms with E-state index in [0.717, 1.165) is 34.5 Å². The summed E-state index contributed by atoms with van der Waals surface area (Å²) in [7, 11) is 0. The van der Waals surface area contributed by atoms with Crippen LogP contribution in [0.1, 0.15) is 37.7 Å². The molecule has 146 valence electrons. The Hall–Kier alpha value is -2.15. The molecule has 7 heteroatoms. The van der Waals surface area contributed by atoms with Gasteiger partial charge in [-0.15, -0.1) is 0 Å². The maximum atomic E-state index is 12.6. The summed E-state index contributed by atoms with van der Waals surface area (Å²) in [4.78, 5) is 17.2. The lowest BCUT2D eigenvalue weighted by molar-refractivity contribution is -0.120. The van der Waals surface area contributed by atoms with E-state index < -0.39 is 0 Å². The Morgan fingerprint density at radius 1 is 1.26 bits per heavy atom. The van der Waals surface area contributed by atoms with Gasteiger partial charge in [0.2, 0.25) is 12.7 Å². The van der Waals surface area contributed by atoms with Gasteiger partial charge in [0.05, 0.1) is 10.9 Å². The van der Waals surface area contributed by atoms with Gasteiger partial charge < -0.3 is 19.4 Å². The zero-order valence-corrected chi connectivity index (χ0v) is 17.4. The van der Waals surface area contributed by atoms with Crippen LogP contribution < -0.4 is 14.8 Å². The van der Waals surface area contributed by atoms with Gasteiger partial charge in [-0.05, 0) is 44.4 Å². The number of hydrogen-bond donors (Lipinski definition) is 1. The molecule has 1 N–H and O–H groups in total. The van der Waals surface area contributed by atoms with Gasteiger partial charge in [-0.3, -0.25) is 4.79 Å². The summed E-state index contributed by atoms with van der Waals surface area (Å²) < 4.78 is 12.9. The molecule has 1 amide bonds. The topological polar surface area (TPSA) is 65.4 Å². The monoisotopic (exact) mass is 389 g/mol. The van der Waals surface area contributed by atoms with Gasteiger partial charge in [-0.1, -0.05) is 31.7 Å². The maximum Gasteiger partial charge on any atom is 0.233 e. The number of hydrogen-bond acceptors (Lipinski definition) is 5. The molecule has 1 aromatic heterocycles. The summed E-state index contributed by atoms with van der Waals surface area (Å²) in [6, 6.07) is 5.71. The molecule has 1 aliphatic rings. The largest absolute Gasteiger partial charge is 0.454 e. The van der Waals surface area contributed by atoms with E-state index in [4.69, 9.17) is 9.47 Å². The van der Waals surface area contributed by atoms with Gasteiger partial charge >= 0.3 is 0 Å². The summed E-state index contributed by atoms with van der Waals surface area (Å²) in [5.41, 5.74) is 3.17. The highest BCUT2D eigenvalue weighted by molar-refractivity contribution is 8.00. The minimum absolute atomic E-state index is 0.00734. The number of benzene rings is 1. The number of aryl methyl sites for hydroxylation is 1. The third kappa shape index (κ3) is 4.58. The molecule has 2 heterocycles. The number of ether oxygens (including phenoxy) is 2. The van der Waals surface area contributed by atoms with E-state index in [9.17, 15) is 4.79 Å². The van der Waals surface area contributed by atoms with Crippen molar-refractivity contribution >= 4 is 17.7 Å². The molecule has 6 nitrogen and oxygen atoms in total. The number of aromatic nitrogens is 2. The van der Waals surface area contributed by atoms with Crippen LogP contribution in [0.3, 0.4) is 0 Å². The lowest BCUT2D eigenvalue weighted by Crippen LogP contribution is -2.30. The highest BCUT2D eigenvalue weighted by Gasteiger charge is 2.20. The van der Waals surface area contributed by atoms with Crippen LogP contribution in [0, 0.1) is 19.8 Å². The van der Waals surface area contributed by atoms with Crippen LogP contribution in [0.4, 0.5) is 0 Å². The van der Waals surface area contributed by atoms with Crippen LogP contribution in [0.15, 0.2) is 23.4 Å². The number of rotatable bonds is 7. The summed E-state index contributed by atoms with van der Waals surface area (Å²) in [6.45, 7) is 12.0. The summed E-state index contributed by atoms with van der Waals surface area (Å²) >= 11 is 1.51. The Balaban J connectivity index is 1.60. The van der Waals surface area contributed by atoms with Gasteiger partial charge in [0.15, 0.2) is 16.7 Å². The quantitative estimate of drug-likeness (QED) is 0.732. The fourth-order valence-electron chi connectivity index (χ4n) is 2.89. The average Bonchev–Trinajstić information content (AvgIpc) is 3.19. The van der Waals surface area contributed by atoms with Gasteiger partial charge in [-0.25, -0.2) is 4.98 Å². The van der Waals surface area contributed by atoms with Crippen molar-refractivity contribution in [2.45, 2.75) is 58.1 Å². The molecule has 0 bridgehead atoms. The summed E-state index contributed by atoms with van der Waals surface area (Å²) in [5, 5.41) is 3.68. The number of imidazole rings is 1. The van der Waals surface area contributed by atoms with Crippen LogP contribution in [0.5, 0.6) is 11.5 Å². The number of carbonyl (C=O) groups is 1. The zero-order chi connectivity index (χ0) is 19.6. The van der Waals surface area contributed by atoms with Crippen LogP contribution in [-0.4, -0.2) is 27.5 Å². The predicted molar refractivity (Wildman–Crippen MR) is 106 cm³/mol. The first kappa shape index (κ1) is 19.6. The van der Waals surface area contributed by atoms with Crippen molar-refractivity contribution in [3.8, 4) is 11.5 Å². The van der Waals surface area contributed by atoms with Crippen molar-refractivity contribution in [3.63, 3.8) is 0 Å². The van der Waals surface area contributed by atoms with Crippen LogP contribution in [0.25, 0.3) is 0 Å². The molecule has 1 aromatic carbocycles. The van der Waals surface area contributed by atoms with E-state index >= 15 is 0 Å². The Labute approximate surface area is 164 Å². The lowest BCUT2D eigenvalue weighted by Gasteiger charge is -2.15. The molecule has 3 rings (SSSR count). The first-order valence-corrected chi connectivity index (χ1v) is 10.1. The number of carbonyl (C=O) groups excluding carboxylic acids is 1. The van der Waals surface area contributed by atoms with Gasteiger partial charge in [0, 0.05) is 18.8 Å². The second-order valence-electron chi connectivity index (χ2n) is 7.24. The van der Waals surface area contributed by atoms with Crippen molar-refractivity contribution < 1.29 is 14.3 Å². The Kier molecular flexibility index (Phi) is 5.99. The number of fused-ring (bicyclic) bond motifs is 1. The molecule has 0 radical (unpaired) electrons. The predicted octanol–water partition coefficient (Wildman–Crippen LogP) is 3.68. The van der Waals surface area contributed by atoms with Crippen molar-refractivity contribution in [1.29, 1.82) is 0 Å². The summed E-state index contributed by atoms with van der Waals surface area (Å²) in [6.07, 6.45) is 0. The molecule has 0 aliphatic carbocycles. The SMILES string of the molecule is Cc1nc(S[C@H](C)C(=O)NCc2ccc3c(c2)OCO3)n(CC(C)C)c1C. The first-order chi connectivity index (χ1) is 12.8. The summed E-state index contributed by atoms with van der Waals surface area (Å²) in [5.74, 6) is 1.99. The number of nitrogens with one attached hydrogen (secondary N) is 1. The fraction of sp³-hybridized carbons (Fsp3) is 0.500. The van der Waals surface area contributed by atoms with Crippen LogP contribution >= 0.6 is 11.8 Å². The average molecular weight is 390 g/mol. The minimum atomic E-state index is -0.230. The smallest absolute Gasteiger partial charge is 0.233 e. The van der Waals surface area contributed by atoms with E-state index in [1.54, 1.807) is 0 Å². The molecule has 0 spiro atoms. The number of nitrogens with zero attached hydrogens (tertiary/aromatic N) is 2. The lowest BCUT2D eigenvalue weighted by atomic mass is 10.2. The first-order valence-electron chi connectivity index (χ1n) is 9.21. The van der Waals surface area contributed by atoms with Crippen molar-refractivity contribution in [2.24, 2.45) is 5.92 Å². The Morgan fingerprint density at radius 3 is 2.74 bits per heavy atom. The molecule has 27 heavy (non-hydrogen) atoms. The van der Waals surface area contributed by atoms with Gasteiger partial charge in [-0.2, -0.15) is 0 Å². The second-order valence-corrected chi connectivity index (χ2v) is 8.54. The molecule has 0 saturated heterocycles. The fourth-order valence-corrected chi connectivity index (χ4v) is 3.92. The van der Waals surface area contributed by atoms with Crippen LogP contribution in [-0.2, 0) is 17.9 Å². The van der Waals surface area contributed by atoms with Crippen molar-refractivity contribution in [1.82, 2.24) is 14.9 Å². The molecule has 1 atom stereocenters. The molecule has 0 fully saturated rings.